The van der Waals surface area contributed by atoms with Gasteiger partial charge in [0.2, 0.25) is 0 Å². The summed E-state index contributed by atoms with van der Waals surface area (Å²) in [6.07, 6.45) is 0.686. The van der Waals surface area contributed by atoms with E-state index in [0.717, 1.165) is 16.2 Å². The fourth-order valence-electron chi connectivity index (χ4n) is 3.29. The molecule has 0 aliphatic rings. The quantitative estimate of drug-likeness (QED) is 0.222. The number of anilines is 1. The molecule has 4 rings (SSSR count). The van der Waals surface area contributed by atoms with Gasteiger partial charge in [0.15, 0.2) is 4.21 Å². The summed E-state index contributed by atoms with van der Waals surface area (Å²) in [6, 6.07) is 20.1. The van der Waals surface area contributed by atoms with Gasteiger partial charge in [-0.3, -0.25) is 9.44 Å². The van der Waals surface area contributed by atoms with Gasteiger partial charge in [0.25, 0.3) is 10.0 Å². The Labute approximate surface area is 229 Å². The molecule has 38 heavy (non-hydrogen) atoms. The van der Waals surface area contributed by atoms with Crippen molar-refractivity contribution >= 4 is 45.1 Å². The standard InChI is InChI=1S/C27H26FN3O4S3/c1-27(2,3)20-8-14-23(15-9-20)37-30-26(32)35-17-18-4-12-22(13-5-18)31-38(33,34)24-16-29-25(36-24)19-6-10-21(28)11-7-19/h4-16,31H,17H2,1-3H3,(H,30,32). The second-order valence-electron chi connectivity index (χ2n) is 9.35. The number of nitrogens with zero attached hydrogens (tertiary/aromatic N) is 1. The van der Waals surface area contributed by atoms with Crippen molar-refractivity contribution in [3.8, 4) is 10.6 Å². The van der Waals surface area contributed by atoms with Crippen molar-refractivity contribution in [3.63, 3.8) is 0 Å². The Kier molecular flexibility index (Phi) is 8.39. The highest BCUT2D eigenvalue weighted by Crippen LogP contribution is 2.29. The molecule has 0 aliphatic heterocycles. The predicted octanol–water partition coefficient (Wildman–Crippen LogP) is 6.98. The van der Waals surface area contributed by atoms with Crippen LogP contribution < -0.4 is 9.44 Å². The minimum atomic E-state index is -3.86. The van der Waals surface area contributed by atoms with Crippen molar-refractivity contribution in [1.29, 1.82) is 0 Å². The van der Waals surface area contributed by atoms with E-state index in [-0.39, 0.29) is 22.0 Å². The summed E-state index contributed by atoms with van der Waals surface area (Å²) in [5.74, 6) is -0.380. The van der Waals surface area contributed by atoms with Crippen molar-refractivity contribution in [3.05, 3.63) is 95.9 Å². The molecule has 0 atom stereocenters. The number of rotatable bonds is 8. The number of aromatic nitrogens is 1. The summed E-state index contributed by atoms with van der Waals surface area (Å²) < 4.78 is 49.1. The van der Waals surface area contributed by atoms with Crippen LogP contribution in [-0.2, 0) is 26.8 Å². The summed E-state index contributed by atoms with van der Waals surface area (Å²) in [6.45, 7) is 6.44. The van der Waals surface area contributed by atoms with E-state index in [1.54, 1.807) is 36.4 Å². The van der Waals surface area contributed by atoms with Crippen LogP contribution in [0, 0.1) is 5.82 Å². The molecule has 11 heteroatoms. The fourth-order valence-corrected chi connectivity index (χ4v) is 6.01. The summed E-state index contributed by atoms with van der Waals surface area (Å²) >= 11 is 2.16. The Bertz CT molecular complexity index is 1500. The minimum Gasteiger partial charge on any atom is -0.444 e. The van der Waals surface area contributed by atoms with Crippen LogP contribution in [0.2, 0.25) is 0 Å². The van der Waals surface area contributed by atoms with Crippen LogP contribution in [0.3, 0.4) is 0 Å². The number of benzene rings is 3. The Morgan fingerprint density at radius 3 is 2.29 bits per heavy atom. The minimum absolute atomic E-state index is 0.0261. The zero-order valence-corrected chi connectivity index (χ0v) is 23.3. The molecule has 0 saturated heterocycles. The van der Waals surface area contributed by atoms with Gasteiger partial charge in [0.05, 0.1) is 6.20 Å². The van der Waals surface area contributed by atoms with Crippen LogP contribution in [0.15, 0.2) is 88.1 Å². The van der Waals surface area contributed by atoms with Crippen molar-refractivity contribution in [1.82, 2.24) is 9.71 Å². The molecular weight excluding hydrogens is 546 g/mol. The van der Waals surface area contributed by atoms with Gasteiger partial charge in [-0.25, -0.2) is 22.6 Å². The van der Waals surface area contributed by atoms with Crippen molar-refractivity contribution in [2.75, 3.05) is 4.72 Å². The molecule has 0 saturated carbocycles. The van der Waals surface area contributed by atoms with Gasteiger partial charge >= 0.3 is 6.09 Å². The average Bonchev–Trinajstić information content (AvgIpc) is 3.39. The number of carbonyl (C=O) groups is 1. The number of halogens is 1. The van der Waals surface area contributed by atoms with Gasteiger partial charge < -0.3 is 4.74 Å². The SMILES string of the molecule is CC(C)(C)c1ccc(SNC(=O)OCc2ccc(NS(=O)(=O)c3cnc(-c4ccc(F)cc4)s3)cc2)cc1. The van der Waals surface area contributed by atoms with Crippen LogP contribution in [0.5, 0.6) is 0 Å². The third-order valence-electron chi connectivity index (χ3n) is 5.39. The Morgan fingerprint density at radius 2 is 1.66 bits per heavy atom. The van der Waals surface area contributed by atoms with Crippen LogP contribution in [0.4, 0.5) is 14.9 Å². The van der Waals surface area contributed by atoms with E-state index in [4.69, 9.17) is 4.74 Å². The number of nitrogens with one attached hydrogen (secondary N) is 2. The molecule has 0 bridgehead atoms. The smallest absolute Gasteiger partial charge is 0.417 e. The van der Waals surface area contributed by atoms with Gasteiger partial charge in [-0.05, 0) is 77.0 Å². The fraction of sp³-hybridized carbons (Fsp3) is 0.185. The molecule has 4 aromatic rings. The molecule has 198 valence electrons. The third kappa shape index (κ3) is 7.33. The number of hydrogen-bond donors (Lipinski definition) is 2. The maximum atomic E-state index is 13.1. The highest BCUT2D eigenvalue weighted by molar-refractivity contribution is 7.98. The lowest BCUT2D eigenvalue weighted by Crippen LogP contribution is -2.17. The maximum Gasteiger partial charge on any atom is 0.417 e. The Morgan fingerprint density at radius 1 is 1.00 bits per heavy atom. The summed E-state index contributed by atoms with van der Waals surface area (Å²) in [4.78, 5) is 17.1. The number of hydrogen-bond acceptors (Lipinski definition) is 7. The number of amides is 1. The lowest BCUT2D eigenvalue weighted by atomic mass is 9.87. The monoisotopic (exact) mass is 571 g/mol. The number of ether oxygens (including phenoxy) is 1. The first kappa shape index (κ1) is 27.6. The molecule has 0 spiro atoms. The first-order chi connectivity index (χ1) is 18.0. The molecule has 3 aromatic carbocycles. The highest BCUT2D eigenvalue weighted by Gasteiger charge is 2.19. The summed E-state index contributed by atoms with van der Waals surface area (Å²) in [5.41, 5.74) is 2.93. The van der Waals surface area contributed by atoms with Crippen molar-refractivity contribution < 1.29 is 22.3 Å². The lowest BCUT2D eigenvalue weighted by molar-refractivity contribution is 0.147. The van der Waals surface area contributed by atoms with Gasteiger partial charge in [-0.2, -0.15) is 0 Å². The zero-order chi connectivity index (χ0) is 27.3. The molecule has 0 radical (unpaired) electrons. The van der Waals surface area contributed by atoms with E-state index < -0.39 is 16.1 Å². The van der Waals surface area contributed by atoms with Crippen LogP contribution in [-0.4, -0.2) is 19.5 Å². The summed E-state index contributed by atoms with van der Waals surface area (Å²) in [5, 5.41) is 0.469. The van der Waals surface area contributed by atoms with Crippen LogP contribution in [0.25, 0.3) is 10.6 Å². The Balaban J connectivity index is 1.27. The molecule has 7 nitrogen and oxygen atoms in total. The number of sulfonamides is 1. The normalized spacial score (nSPS) is 11.7. The number of thiazole rings is 1. The van der Waals surface area contributed by atoms with Gasteiger partial charge in [-0.15, -0.1) is 11.3 Å². The zero-order valence-electron chi connectivity index (χ0n) is 20.9. The highest BCUT2D eigenvalue weighted by atomic mass is 32.2. The largest absolute Gasteiger partial charge is 0.444 e. The molecule has 1 aromatic heterocycles. The molecule has 0 unspecified atom stereocenters. The van der Waals surface area contributed by atoms with Crippen molar-refractivity contribution in [2.45, 2.75) is 41.9 Å². The average molecular weight is 572 g/mol. The topological polar surface area (TPSA) is 97.4 Å². The van der Waals surface area contributed by atoms with Crippen molar-refractivity contribution in [2.24, 2.45) is 0 Å². The molecule has 0 aliphatic carbocycles. The molecular formula is C27H26FN3O4S3. The molecule has 0 fully saturated rings. The summed E-state index contributed by atoms with van der Waals surface area (Å²) in [7, 11) is -3.86. The number of carbonyl (C=O) groups excluding carboxylic acids is 1. The third-order valence-corrected chi connectivity index (χ3v) is 9.05. The van der Waals surface area contributed by atoms with E-state index >= 15 is 0 Å². The van der Waals surface area contributed by atoms with Gasteiger partial charge in [-0.1, -0.05) is 45.0 Å². The van der Waals surface area contributed by atoms with Crippen LogP contribution in [0.1, 0.15) is 31.9 Å². The van der Waals surface area contributed by atoms with E-state index in [2.05, 4.69) is 35.2 Å². The molecule has 2 N–H and O–H groups in total. The maximum absolute atomic E-state index is 13.1. The van der Waals surface area contributed by atoms with E-state index in [0.29, 0.717) is 21.8 Å². The van der Waals surface area contributed by atoms with E-state index in [1.165, 1.54) is 35.8 Å². The van der Waals surface area contributed by atoms with E-state index in [1.807, 2.05) is 24.3 Å². The molecule has 1 heterocycles. The lowest BCUT2D eigenvalue weighted by Gasteiger charge is -2.19. The Hall–Kier alpha value is -3.41. The first-order valence-corrected chi connectivity index (χ1v) is 14.6. The van der Waals surface area contributed by atoms with Gasteiger partial charge in [0.1, 0.15) is 17.4 Å². The first-order valence-electron chi connectivity index (χ1n) is 11.5. The second kappa shape index (κ2) is 11.5. The second-order valence-corrected chi connectivity index (χ2v) is 13.2. The predicted molar refractivity (Wildman–Crippen MR) is 149 cm³/mol. The molecule has 1 amide bonds. The van der Waals surface area contributed by atoms with Gasteiger partial charge in [0, 0.05) is 16.1 Å². The van der Waals surface area contributed by atoms with Crippen LogP contribution >= 0.6 is 23.3 Å². The van der Waals surface area contributed by atoms with E-state index in [9.17, 15) is 17.6 Å².